The van der Waals surface area contributed by atoms with Gasteiger partial charge in [0.25, 0.3) is 5.91 Å². The van der Waals surface area contributed by atoms with Gasteiger partial charge in [0.15, 0.2) is 0 Å². The molecule has 1 heterocycles. The fraction of sp³-hybridized carbons (Fsp3) is 0.435. The molecule has 3 rings (SSSR count). The lowest BCUT2D eigenvalue weighted by Crippen LogP contribution is -2.35. The van der Waals surface area contributed by atoms with Crippen LogP contribution < -0.4 is 15.4 Å². The Kier molecular flexibility index (Phi) is 8.28. The molecule has 30 heavy (non-hydrogen) atoms. The van der Waals surface area contributed by atoms with Crippen molar-refractivity contribution in [3.8, 4) is 5.75 Å². The van der Waals surface area contributed by atoms with Crippen LogP contribution in [0.3, 0.4) is 0 Å². The van der Waals surface area contributed by atoms with Crippen LogP contribution in [0.15, 0.2) is 48.5 Å². The Morgan fingerprint density at radius 3 is 2.43 bits per heavy atom. The number of nitrogens with two attached hydrogens (primary N) is 1. The van der Waals surface area contributed by atoms with Gasteiger partial charge >= 0.3 is 0 Å². The Morgan fingerprint density at radius 1 is 1.03 bits per heavy atom. The molecule has 0 aromatic heterocycles. The number of ether oxygens (including phenoxy) is 1. The van der Waals surface area contributed by atoms with Gasteiger partial charge in [-0.15, -0.1) is 0 Å². The van der Waals surface area contributed by atoms with Crippen LogP contribution in [0.1, 0.15) is 29.3 Å². The third-order valence-electron chi connectivity index (χ3n) is 5.17. The standard InChI is InChI=1S/C23H31N3O3S/c1-2-29-22-10-8-21(9-11-22)25-13-3-14-26(16-15-25)23(27)20-6-4-19(5-7-20)18-30(28)17-12-24/h4-11H,2-3,12-18,24H2,1H3. The van der Waals surface area contributed by atoms with Gasteiger partial charge in [-0.05, 0) is 55.3 Å². The molecule has 1 fully saturated rings. The van der Waals surface area contributed by atoms with E-state index in [2.05, 4.69) is 17.0 Å². The summed E-state index contributed by atoms with van der Waals surface area (Å²) in [6.07, 6.45) is 0.926. The summed E-state index contributed by atoms with van der Waals surface area (Å²) in [6, 6.07) is 15.6. The Morgan fingerprint density at radius 2 is 1.77 bits per heavy atom. The van der Waals surface area contributed by atoms with Crippen molar-refractivity contribution in [2.24, 2.45) is 5.73 Å². The minimum atomic E-state index is -0.954. The molecule has 6 nitrogen and oxygen atoms in total. The van der Waals surface area contributed by atoms with E-state index < -0.39 is 10.8 Å². The molecule has 1 aliphatic rings. The summed E-state index contributed by atoms with van der Waals surface area (Å²) in [4.78, 5) is 17.2. The Balaban J connectivity index is 1.58. The number of carbonyl (C=O) groups is 1. The van der Waals surface area contributed by atoms with Crippen molar-refractivity contribution in [2.45, 2.75) is 19.1 Å². The molecule has 1 saturated heterocycles. The highest BCUT2D eigenvalue weighted by atomic mass is 32.2. The lowest BCUT2D eigenvalue weighted by atomic mass is 10.1. The summed E-state index contributed by atoms with van der Waals surface area (Å²) in [5.74, 6) is 1.91. The van der Waals surface area contributed by atoms with Gasteiger partial charge in [-0.3, -0.25) is 9.00 Å². The molecule has 0 saturated carbocycles. The maximum absolute atomic E-state index is 13.0. The van der Waals surface area contributed by atoms with Gasteiger partial charge in [0, 0.05) is 66.3 Å². The predicted molar refractivity (Wildman–Crippen MR) is 123 cm³/mol. The quantitative estimate of drug-likeness (QED) is 0.698. The molecule has 0 spiro atoms. The number of amides is 1. The summed E-state index contributed by atoms with van der Waals surface area (Å²) in [6.45, 7) is 6.21. The number of hydrogen-bond acceptors (Lipinski definition) is 5. The van der Waals surface area contributed by atoms with Crippen LogP contribution in [0.2, 0.25) is 0 Å². The van der Waals surface area contributed by atoms with E-state index in [1.807, 2.05) is 48.2 Å². The van der Waals surface area contributed by atoms with E-state index in [0.29, 0.717) is 36.8 Å². The second kappa shape index (κ2) is 11.1. The van der Waals surface area contributed by atoms with E-state index in [1.165, 1.54) is 0 Å². The lowest BCUT2D eigenvalue weighted by molar-refractivity contribution is 0.0767. The smallest absolute Gasteiger partial charge is 0.253 e. The number of rotatable bonds is 8. The maximum atomic E-state index is 13.0. The number of anilines is 1. The Hall–Kier alpha value is -2.38. The molecule has 0 radical (unpaired) electrons. The molecule has 7 heteroatoms. The molecule has 0 aliphatic carbocycles. The summed E-state index contributed by atoms with van der Waals surface area (Å²) in [5.41, 5.74) is 8.26. The van der Waals surface area contributed by atoms with E-state index in [4.69, 9.17) is 10.5 Å². The highest BCUT2D eigenvalue weighted by molar-refractivity contribution is 7.84. The molecular weight excluding hydrogens is 398 g/mol. The Labute approximate surface area is 181 Å². The number of hydrogen-bond donors (Lipinski definition) is 1. The molecule has 1 unspecified atom stereocenters. The molecule has 2 aromatic rings. The molecule has 1 amide bonds. The molecule has 162 valence electrons. The van der Waals surface area contributed by atoms with Crippen molar-refractivity contribution in [3.63, 3.8) is 0 Å². The predicted octanol–water partition coefficient (Wildman–Crippen LogP) is 2.65. The molecule has 1 aliphatic heterocycles. The van der Waals surface area contributed by atoms with Crippen LogP contribution in [-0.2, 0) is 16.6 Å². The van der Waals surface area contributed by atoms with Crippen LogP contribution >= 0.6 is 0 Å². The second-order valence-corrected chi connectivity index (χ2v) is 8.91. The van der Waals surface area contributed by atoms with Crippen LogP contribution in [0.25, 0.3) is 0 Å². The van der Waals surface area contributed by atoms with E-state index in [9.17, 15) is 9.00 Å². The zero-order valence-electron chi connectivity index (χ0n) is 17.6. The average Bonchev–Trinajstić information content (AvgIpc) is 3.01. The maximum Gasteiger partial charge on any atom is 0.253 e. The fourth-order valence-electron chi connectivity index (χ4n) is 3.61. The average molecular weight is 430 g/mol. The van der Waals surface area contributed by atoms with Crippen molar-refractivity contribution >= 4 is 22.4 Å². The van der Waals surface area contributed by atoms with E-state index in [0.717, 1.165) is 43.1 Å². The van der Waals surface area contributed by atoms with Gasteiger partial charge in [0.05, 0.1) is 6.61 Å². The van der Waals surface area contributed by atoms with Crippen LogP contribution in [0.5, 0.6) is 5.75 Å². The summed E-state index contributed by atoms with van der Waals surface area (Å²) in [7, 11) is -0.954. The zero-order valence-corrected chi connectivity index (χ0v) is 18.4. The summed E-state index contributed by atoms with van der Waals surface area (Å²) in [5, 5.41) is 0. The van der Waals surface area contributed by atoms with Crippen molar-refractivity contribution < 1.29 is 13.7 Å². The van der Waals surface area contributed by atoms with Gasteiger partial charge in [-0.25, -0.2) is 0 Å². The van der Waals surface area contributed by atoms with E-state index >= 15 is 0 Å². The number of carbonyl (C=O) groups excluding carboxylic acids is 1. The fourth-order valence-corrected chi connectivity index (χ4v) is 4.59. The summed E-state index contributed by atoms with van der Waals surface area (Å²) < 4.78 is 17.4. The van der Waals surface area contributed by atoms with Crippen molar-refractivity contribution in [1.29, 1.82) is 0 Å². The third-order valence-corrected chi connectivity index (χ3v) is 6.52. The molecule has 2 aromatic carbocycles. The van der Waals surface area contributed by atoms with Gasteiger partial charge in [0.1, 0.15) is 5.75 Å². The first kappa shape index (κ1) is 22.3. The molecular formula is C23H31N3O3S. The highest BCUT2D eigenvalue weighted by Gasteiger charge is 2.20. The van der Waals surface area contributed by atoms with Crippen LogP contribution in [0.4, 0.5) is 5.69 Å². The minimum Gasteiger partial charge on any atom is -0.494 e. The lowest BCUT2D eigenvalue weighted by Gasteiger charge is -2.24. The first-order chi connectivity index (χ1) is 14.6. The van der Waals surface area contributed by atoms with Crippen LogP contribution in [0, 0.1) is 0 Å². The molecule has 0 bridgehead atoms. The molecule has 2 N–H and O–H groups in total. The van der Waals surface area contributed by atoms with Gasteiger partial charge in [0.2, 0.25) is 0 Å². The monoisotopic (exact) mass is 429 g/mol. The number of nitrogens with zero attached hydrogens (tertiary/aromatic N) is 2. The number of benzene rings is 2. The van der Waals surface area contributed by atoms with Gasteiger partial charge in [-0.2, -0.15) is 0 Å². The molecule has 1 atom stereocenters. The first-order valence-corrected chi connectivity index (χ1v) is 12.0. The normalized spacial score (nSPS) is 15.5. The van der Waals surface area contributed by atoms with Gasteiger partial charge < -0.3 is 20.3 Å². The van der Waals surface area contributed by atoms with E-state index in [1.54, 1.807) is 0 Å². The largest absolute Gasteiger partial charge is 0.494 e. The highest BCUT2D eigenvalue weighted by Crippen LogP contribution is 2.21. The van der Waals surface area contributed by atoms with E-state index in [-0.39, 0.29) is 5.91 Å². The van der Waals surface area contributed by atoms with Crippen molar-refractivity contribution in [2.75, 3.05) is 50.0 Å². The topological polar surface area (TPSA) is 75.9 Å². The first-order valence-electron chi connectivity index (χ1n) is 10.5. The zero-order chi connectivity index (χ0) is 21.3. The van der Waals surface area contributed by atoms with Crippen molar-refractivity contribution in [3.05, 3.63) is 59.7 Å². The third kappa shape index (κ3) is 6.06. The Bertz CT molecular complexity index is 840. The van der Waals surface area contributed by atoms with Gasteiger partial charge in [-0.1, -0.05) is 12.1 Å². The second-order valence-electron chi connectivity index (χ2n) is 7.33. The summed E-state index contributed by atoms with van der Waals surface area (Å²) >= 11 is 0. The SMILES string of the molecule is CCOc1ccc(N2CCCN(C(=O)c3ccc(CS(=O)CCN)cc3)CC2)cc1. The van der Waals surface area contributed by atoms with Crippen LogP contribution in [-0.4, -0.2) is 60.1 Å². The van der Waals surface area contributed by atoms with Crippen molar-refractivity contribution in [1.82, 2.24) is 4.90 Å². The minimum absolute atomic E-state index is 0.0539.